The highest BCUT2D eigenvalue weighted by molar-refractivity contribution is 8.76. The predicted molar refractivity (Wildman–Crippen MR) is 55.4 cm³/mol. The SMILES string of the molecule is CO[C@@H]1CSSC[C@H]1OS(C)(=O)=O. The first-order valence-corrected chi connectivity index (χ1v) is 7.99. The normalized spacial score (nSPS) is 30.3. The molecular formula is C6H12O4S3. The molecule has 4 nitrogen and oxygen atoms in total. The van der Waals surface area contributed by atoms with E-state index in [4.69, 9.17) is 8.92 Å². The zero-order chi connectivity index (χ0) is 9.90. The number of rotatable bonds is 3. The first-order valence-electron chi connectivity index (χ1n) is 3.68. The third kappa shape index (κ3) is 4.07. The van der Waals surface area contributed by atoms with E-state index in [9.17, 15) is 8.42 Å². The van der Waals surface area contributed by atoms with Gasteiger partial charge in [-0.25, -0.2) is 0 Å². The van der Waals surface area contributed by atoms with Gasteiger partial charge in [-0.05, 0) is 0 Å². The smallest absolute Gasteiger partial charge is 0.264 e. The number of methoxy groups -OCH3 is 1. The molecule has 13 heavy (non-hydrogen) atoms. The fourth-order valence-electron chi connectivity index (χ4n) is 0.979. The van der Waals surface area contributed by atoms with Crippen molar-refractivity contribution in [2.75, 3.05) is 24.9 Å². The van der Waals surface area contributed by atoms with E-state index < -0.39 is 10.1 Å². The third-order valence-corrected chi connectivity index (χ3v) is 4.57. The maximum Gasteiger partial charge on any atom is 0.264 e. The molecule has 0 radical (unpaired) electrons. The zero-order valence-corrected chi connectivity index (χ0v) is 9.88. The van der Waals surface area contributed by atoms with Gasteiger partial charge in [0.15, 0.2) is 0 Å². The lowest BCUT2D eigenvalue weighted by atomic mass is 10.2. The Hall–Kier alpha value is 0.570. The van der Waals surface area contributed by atoms with E-state index in [1.165, 1.54) is 0 Å². The van der Waals surface area contributed by atoms with E-state index >= 15 is 0 Å². The van der Waals surface area contributed by atoms with Gasteiger partial charge in [-0.15, -0.1) is 0 Å². The highest BCUT2D eigenvalue weighted by atomic mass is 33.1. The fraction of sp³-hybridized carbons (Fsp3) is 1.00. The Morgan fingerprint density at radius 3 is 2.23 bits per heavy atom. The van der Waals surface area contributed by atoms with E-state index in [-0.39, 0.29) is 12.2 Å². The van der Waals surface area contributed by atoms with Crippen molar-refractivity contribution in [3.8, 4) is 0 Å². The van der Waals surface area contributed by atoms with Crippen LogP contribution in [0, 0.1) is 0 Å². The largest absolute Gasteiger partial charge is 0.378 e. The second-order valence-electron chi connectivity index (χ2n) is 2.68. The van der Waals surface area contributed by atoms with Crippen LogP contribution in [0.3, 0.4) is 0 Å². The van der Waals surface area contributed by atoms with E-state index in [0.29, 0.717) is 5.75 Å². The van der Waals surface area contributed by atoms with Crippen LogP contribution in [0.25, 0.3) is 0 Å². The highest BCUT2D eigenvalue weighted by Crippen LogP contribution is 2.32. The highest BCUT2D eigenvalue weighted by Gasteiger charge is 2.29. The van der Waals surface area contributed by atoms with Crippen molar-refractivity contribution in [3.05, 3.63) is 0 Å². The lowest BCUT2D eigenvalue weighted by molar-refractivity contribution is 0.0317. The van der Waals surface area contributed by atoms with Crippen molar-refractivity contribution in [2.24, 2.45) is 0 Å². The summed E-state index contributed by atoms with van der Waals surface area (Å²) in [6.45, 7) is 0. The van der Waals surface area contributed by atoms with Crippen LogP contribution in [0.15, 0.2) is 0 Å². The van der Waals surface area contributed by atoms with Gasteiger partial charge < -0.3 is 4.74 Å². The van der Waals surface area contributed by atoms with Crippen LogP contribution < -0.4 is 0 Å². The standard InChI is InChI=1S/C6H12O4S3/c1-9-5-3-11-12-4-6(5)10-13(2,7)8/h5-6H,3-4H2,1-2H3/t5-,6-/m1/s1. The zero-order valence-electron chi connectivity index (χ0n) is 7.43. The summed E-state index contributed by atoms with van der Waals surface area (Å²) in [5.74, 6) is 1.41. The molecule has 78 valence electrons. The topological polar surface area (TPSA) is 52.6 Å². The maximum absolute atomic E-state index is 10.9. The van der Waals surface area contributed by atoms with Gasteiger partial charge in [0.25, 0.3) is 10.1 Å². The average molecular weight is 244 g/mol. The second-order valence-corrected chi connectivity index (χ2v) is 6.83. The first kappa shape index (κ1) is 11.6. The van der Waals surface area contributed by atoms with E-state index in [1.54, 1.807) is 28.7 Å². The Labute approximate surface area is 86.3 Å². The molecule has 1 aliphatic heterocycles. The lowest BCUT2D eigenvalue weighted by Crippen LogP contribution is -2.38. The third-order valence-electron chi connectivity index (χ3n) is 1.56. The molecule has 0 saturated carbocycles. The quantitative estimate of drug-likeness (QED) is 0.539. The van der Waals surface area contributed by atoms with Crippen LogP contribution in [0.2, 0.25) is 0 Å². The van der Waals surface area contributed by atoms with Gasteiger partial charge in [0.2, 0.25) is 0 Å². The molecule has 0 aromatic carbocycles. The minimum Gasteiger partial charge on any atom is -0.378 e. The molecule has 0 bridgehead atoms. The summed E-state index contributed by atoms with van der Waals surface area (Å²) in [6, 6.07) is 0. The van der Waals surface area contributed by atoms with Crippen molar-refractivity contribution in [1.29, 1.82) is 0 Å². The Morgan fingerprint density at radius 1 is 1.23 bits per heavy atom. The molecule has 0 amide bonds. The minimum atomic E-state index is -3.37. The molecule has 2 atom stereocenters. The second kappa shape index (κ2) is 4.88. The predicted octanol–water partition coefficient (Wildman–Crippen LogP) is 0.741. The molecule has 1 rings (SSSR count). The molecule has 1 heterocycles. The van der Waals surface area contributed by atoms with E-state index in [0.717, 1.165) is 12.0 Å². The van der Waals surface area contributed by atoms with E-state index in [2.05, 4.69) is 0 Å². The van der Waals surface area contributed by atoms with Crippen LogP contribution in [-0.2, 0) is 19.0 Å². The number of hydrogen-bond donors (Lipinski definition) is 0. The lowest BCUT2D eigenvalue weighted by Gasteiger charge is -2.27. The van der Waals surface area contributed by atoms with Crippen molar-refractivity contribution in [2.45, 2.75) is 12.2 Å². The summed E-state index contributed by atoms with van der Waals surface area (Å²) < 4.78 is 31.8. The van der Waals surface area contributed by atoms with E-state index in [1.807, 2.05) is 0 Å². The van der Waals surface area contributed by atoms with Crippen LogP contribution in [-0.4, -0.2) is 45.5 Å². The molecule has 1 saturated heterocycles. The molecule has 0 spiro atoms. The summed E-state index contributed by atoms with van der Waals surface area (Å²) in [7, 11) is 1.48. The number of hydrogen-bond acceptors (Lipinski definition) is 6. The number of ether oxygens (including phenoxy) is 1. The monoisotopic (exact) mass is 244 g/mol. The summed E-state index contributed by atoms with van der Waals surface area (Å²) >= 11 is 0. The van der Waals surface area contributed by atoms with Gasteiger partial charge in [0.05, 0.1) is 12.4 Å². The fourth-order valence-corrected chi connectivity index (χ4v) is 4.18. The Bertz CT molecular complexity index is 251. The maximum atomic E-state index is 10.9. The Morgan fingerprint density at radius 2 is 1.77 bits per heavy atom. The molecule has 1 fully saturated rings. The average Bonchev–Trinajstić information content (AvgIpc) is 2.02. The molecule has 7 heteroatoms. The van der Waals surface area contributed by atoms with Crippen LogP contribution in [0.5, 0.6) is 0 Å². The van der Waals surface area contributed by atoms with Gasteiger partial charge in [0.1, 0.15) is 6.10 Å². The van der Waals surface area contributed by atoms with Crippen LogP contribution >= 0.6 is 21.6 Å². The van der Waals surface area contributed by atoms with Crippen molar-refractivity contribution in [3.63, 3.8) is 0 Å². The first-order chi connectivity index (χ1) is 6.03. The molecule has 0 N–H and O–H groups in total. The molecular weight excluding hydrogens is 232 g/mol. The molecule has 1 aliphatic rings. The summed E-state index contributed by atoms with van der Waals surface area (Å²) in [5.41, 5.74) is 0. The molecule has 0 aromatic rings. The van der Waals surface area contributed by atoms with Crippen LogP contribution in [0.1, 0.15) is 0 Å². The van der Waals surface area contributed by atoms with Gasteiger partial charge in [-0.3, -0.25) is 4.18 Å². The van der Waals surface area contributed by atoms with Crippen molar-refractivity contribution >= 4 is 31.7 Å². The molecule has 0 aromatic heterocycles. The summed E-state index contributed by atoms with van der Waals surface area (Å²) in [4.78, 5) is 0. The summed E-state index contributed by atoms with van der Waals surface area (Å²) in [6.07, 6.45) is 0.596. The summed E-state index contributed by atoms with van der Waals surface area (Å²) in [5, 5.41) is 0. The van der Waals surface area contributed by atoms with Gasteiger partial charge in [0, 0.05) is 18.6 Å². The Balaban J connectivity index is 2.55. The molecule has 0 unspecified atom stereocenters. The molecule has 0 aliphatic carbocycles. The van der Waals surface area contributed by atoms with Crippen molar-refractivity contribution in [1.82, 2.24) is 0 Å². The Kier molecular flexibility index (Phi) is 4.37. The van der Waals surface area contributed by atoms with Gasteiger partial charge in [-0.2, -0.15) is 8.42 Å². The van der Waals surface area contributed by atoms with Crippen LogP contribution in [0.4, 0.5) is 0 Å². The van der Waals surface area contributed by atoms with Crippen molar-refractivity contribution < 1.29 is 17.3 Å². The minimum absolute atomic E-state index is 0.124. The van der Waals surface area contributed by atoms with Gasteiger partial charge >= 0.3 is 0 Å². The van der Waals surface area contributed by atoms with Gasteiger partial charge in [-0.1, -0.05) is 21.6 Å².